The van der Waals surface area contributed by atoms with Gasteiger partial charge in [0.15, 0.2) is 0 Å². The number of benzene rings is 2. The molecule has 5 nitrogen and oxygen atoms in total. The van der Waals surface area contributed by atoms with Gasteiger partial charge in [-0.2, -0.15) is 0 Å². The van der Waals surface area contributed by atoms with Crippen LogP contribution in [-0.4, -0.2) is 48.8 Å². The Morgan fingerprint density at radius 2 is 1.72 bits per heavy atom. The molecular formula is C26H28FN5. The molecule has 2 aromatic carbocycles. The van der Waals surface area contributed by atoms with Gasteiger partial charge in [-0.15, -0.1) is 0 Å². The first-order valence-corrected chi connectivity index (χ1v) is 11.1. The van der Waals surface area contributed by atoms with Gasteiger partial charge >= 0.3 is 0 Å². The van der Waals surface area contributed by atoms with Gasteiger partial charge in [-0.25, -0.2) is 4.39 Å². The summed E-state index contributed by atoms with van der Waals surface area (Å²) in [6.45, 7) is 7.64. The van der Waals surface area contributed by atoms with E-state index in [4.69, 9.17) is 0 Å². The van der Waals surface area contributed by atoms with Crippen LogP contribution in [0.2, 0.25) is 0 Å². The van der Waals surface area contributed by atoms with Crippen molar-refractivity contribution in [2.24, 2.45) is 4.99 Å². The van der Waals surface area contributed by atoms with Crippen molar-refractivity contribution in [1.29, 1.82) is 0 Å². The van der Waals surface area contributed by atoms with E-state index in [1.165, 1.54) is 34.6 Å². The Bertz CT molecular complexity index is 1110. The number of aromatic amines is 1. The van der Waals surface area contributed by atoms with Gasteiger partial charge in [0.2, 0.25) is 0 Å². The van der Waals surface area contributed by atoms with Crippen LogP contribution in [0.5, 0.6) is 0 Å². The fourth-order valence-corrected chi connectivity index (χ4v) is 4.56. The summed E-state index contributed by atoms with van der Waals surface area (Å²) in [5, 5.41) is 0. The molecule has 32 heavy (non-hydrogen) atoms. The number of aryl methyl sites for hydroxylation is 1. The van der Waals surface area contributed by atoms with E-state index < -0.39 is 0 Å². The van der Waals surface area contributed by atoms with E-state index in [9.17, 15) is 4.39 Å². The Morgan fingerprint density at radius 3 is 2.41 bits per heavy atom. The smallest absolute Gasteiger partial charge is 0.123 e. The van der Waals surface area contributed by atoms with Crippen LogP contribution < -0.4 is 9.80 Å². The third-order valence-corrected chi connectivity index (χ3v) is 6.30. The predicted molar refractivity (Wildman–Crippen MR) is 130 cm³/mol. The van der Waals surface area contributed by atoms with Crippen molar-refractivity contribution >= 4 is 17.6 Å². The molecule has 2 aliphatic rings. The summed E-state index contributed by atoms with van der Waals surface area (Å²) in [6, 6.07) is 17.3. The molecule has 1 fully saturated rings. The fraction of sp³-hybridized carbons (Fsp3) is 0.269. The number of halogens is 1. The number of nitrogens with one attached hydrogen (secondary N) is 1. The van der Waals surface area contributed by atoms with E-state index in [-0.39, 0.29) is 5.82 Å². The van der Waals surface area contributed by atoms with E-state index in [2.05, 4.69) is 62.1 Å². The molecule has 5 rings (SSSR count). The molecular weight excluding hydrogens is 401 g/mol. The Hall–Kier alpha value is -3.38. The van der Waals surface area contributed by atoms with Crippen LogP contribution in [0, 0.1) is 12.7 Å². The molecule has 0 aliphatic carbocycles. The van der Waals surface area contributed by atoms with Crippen LogP contribution in [0.4, 0.5) is 15.8 Å². The lowest BCUT2D eigenvalue weighted by atomic mass is 10.1. The molecule has 6 heteroatoms. The van der Waals surface area contributed by atoms with Gasteiger partial charge in [0.25, 0.3) is 0 Å². The van der Waals surface area contributed by atoms with Gasteiger partial charge in [0.05, 0.1) is 17.9 Å². The summed E-state index contributed by atoms with van der Waals surface area (Å²) in [5.74, 6) is -0.186. The Kier molecular flexibility index (Phi) is 5.77. The summed E-state index contributed by atoms with van der Waals surface area (Å²) in [7, 11) is 0. The number of piperazine rings is 1. The van der Waals surface area contributed by atoms with Crippen molar-refractivity contribution in [3.8, 4) is 11.3 Å². The van der Waals surface area contributed by atoms with Crippen molar-refractivity contribution in [3.63, 3.8) is 0 Å². The molecule has 1 N–H and O–H groups in total. The Labute approximate surface area is 188 Å². The van der Waals surface area contributed by atoms with Gasteiger partial charge in [0.1, 0.15) is 5.82 Å². The van der Waals surface area contributed by atoms with Crippen molar-refractivity contribution in [1.82, 2.24) is 9.88 Å². The second-order valence-corrected chi connectivity index (χ2v) is 8.34. The van der Waals surface area contributed by atoms with Crippen molar-refractivity contribution in [2.45, 2.75) is 13.5 Å². The third kappa shape index (κ3) is 4.18. The monoisotopic (exact) mass is 429 g/mol. The third-order valence-electron chi connectivity index (χ3n) is 6.30. The molecule has 0 atom stereocenters. The minimum Gasteiger partial charge on any atom is -0.369 e. The van der Waals surface area contributed by atoms with E-state index >= 15 is 0 Å². The van der Waals surface area contributed by atoms with Gasteiger partial charge < -0.3 is 14.8 Å². The van der Waals surface area contributed by atoms with Crippen LogP contribution in [0.15, 0.2) is 72.0 Å². The lowest BCUT2D eigenvalue weighted by Gasteiger charge is -2.36. The number of nitrogens with zero attached hydrogens (tertiary/aromatic N) is 4. The molecule has 1 saturated heterocycles. The zero-order valence-corrected chi connectivity index (χ0v) is 18.3. The average molecular weight is 430 g/mol. The molecule has 2 aliphatic heterocycles. The number of H-pyrrole nitrogens is 1. The van der Waals surface area contributed by atoms with E-state index in [0.29, 0.717) is 0 Å². The normalized spacial score (nSPS) is 16.7. The highest BCUT2D eigenvalue weighted by molar-refractivity contribution is 5.83. The maximum Gasteiger partial charge on any atom is 0.123 e. The zero-order valence-electron chi connectivity index (χ0n) is 18.3. The van der Waals surface area contributed by atoms with Crippen molar-refractivity contribution in [3.05, 3.63) is 84.1 Å². The van der Waals surface area contributed by atoms with E-state index in [0.717, 1.165) is 50.6 Å². The molecule has 1 aromatic heterocycles. The van der Waals surface area contributed by atoms with Crippen LogP contribution in [0.1, 0.15) is 11.3 Å². The van der Waals surface area contributed by atoms with Crippen LogP contribution >= 0.6 is 0 Å². The summed E-state index contributed by atoms with van der Waals surface area (Å²) >= 11 is 0. The highest BCUT2D eigenvalue weighted by Crippen LogP contribution is 2.37. The first kappa shape index (κ1) is 20.5. The molecule has 0 radical (unpaired) electrons. The van der Waals surface area contributed by atoms with Gasteiger partial charge in [-0.3, -0.25) is 9.89 Å². The quantitative estimate of drug-likeness (QED) is 0.632. The minimum atomic E-state index is -0.186. The van der Waals surface area contributed by atoms with Gasteiger partial charge in [-0.05, 0) is 31.2 Å². The highest BCUT2D eigenvalue weighted by atomic mass is 19.1. The van der Waals surface area contributed by atoms with Crippen LogP contribution in [0.25, 0.3) is 11.3 Å². The predicted octanol–water partition coefficient (Wildman–Crippen LogP) is 4.81. The Balaban J connectivity index is 1.38. The highest BCUT2D eigenvalue weighted by Gasteiger charge is 2.25. The molecule has 0 saturated carbocycles. The second-order valence-electron chi connectivity index (χ2n) is 8.34. The maximum atomic E-state index is 13.3. The number of aromatic nitrogens is 1. The number of hydrogen-bond donors (Lipinski definition) is 1. The van der Waals surface area contributed by atoms with E-state index in [1.807, 2.05) is 30.6 Å². The van der Waals surface area contributed by atoms with Gasteiger partial charge in [-0.1, -0.05) is 30.3 Å². The van der Waals surface area contributed by atoms with Crippen molar-refractivity contribution in [2.75, 3.05) is 42.5 Å². The lowest BCUT2D eigenvalue weighted by Crippen LogP contribution is -2.46. The first-order valence-electron chi connectivity index (χ1n) is 11.1. The minimum absolute atomic E-state index is 0.186. The molecule has 0 unspecified atom stereocenters. The van der Waals surface area contributed by atoms with Crippen LogP contribution in [0.3, 0.4) is 0 Å². The molecule has 0 amide bonds. The number of hydrogen-bond acceptors (Lipinski definition) is 4. The summed E-state index contributed by atoms with van der Waals surface area (Å²) in [4.78, 5) is 15.0. The van der Waals surface area contributed by atoms with Gasteiger partial charge in [0, 0.05) is 73.8 Å². The molecule has 0 bridgehead atoms. The molecule has 0 spiro atoms. The fourth-order valence-electron chi connectivity index (χ4n) is 4.56. The van der Waals surface area contributed by atoms with Crippen molar-refractivity contribution < 1.29 is 4.39 Å². The Morgan fingerprint density at radius 1 is 0.969 bits per heavy atom. The zero-order chi connectivity index (χ0) is 21.9. The summed E-state index contributed by atoms with van der Waals surface area (Å²) < 4.78 is 13.3. The van der Waals surface area contributed by atoms with E-state index in [1.54, 1.807) is 0 Å². The lowest BCUT2D eigenvalue weighted by molar-refractivity contribution is 0.249. The number of anilines is 2. The maximum absolute atomic E-state index is 13.3. The van der Waals surface area contributed by atoms with Crippen LogP contribution in [-0.2, 0) is 6.54 Å². The standard InChI is InChI=1S/C26H28FN5/c1-20-24(19-30-15-17-31(18-16-30)23-9-7-22(27)8-10-23)26(32-13-11-28-12-14-32)25(29-20)21-5-3-2-4-6-21/h2-13,29H,14-19H2,1H3. The first-order chi connectivity index (χ1) is 15.7. The number of aliphatic imine (C=N–C) groups is 1. The summed E-state index contributed by atoms with van der Waals surface area (Å²) in [5.41, 5.74) is 7.21. The average Bonchev–Trinajstić information content (AvgIpc) is 3.17. The molecule has 3 aromatic rings. The SMILES string of the molecule is Cc1[nH]c(-c2ccccc2)c(N2C=CN=CC2)c1CN1CCN(c2ccc(F)cc2)CC1. The molecule has 3 heterocycles. The molecule has 164 valence electrons. The topological polar surface area (TPSA) is 37.9 Å². The number of rotatable bonds is 5. The summed E-state index contributed by atoms with van der Waals surface area (Å²) in [6.07, 6.45) is 5.86. The second kappa shape index (κ2) is 9.01. The largest absolute Gasteiger partial charge is 0.369 e.